The number of benzene rings is 1. The van der Waals surface area contributed by atoms with Crippen LogP contribution in [0.5, 0.6) is 0 Å². The van der Waals surface area contributed by atoms with Crippen LogP contribution >= 0.6 is 0 Å². The summed E-state index contributed by atoms with van der Waals surface area (Å²) in [5.74, 6) is 0. The normalized spacial score (nSPS) is 16.2. The standard InChI is InChI=1S/C16H22N2O2S/c1-2-5-14-8-10-16(11-9-14)21(19,20)18(13-12-17)15-6-3-4-7-15/h8-11,15H,2-7,13H2,1H3. The number of hydrogen-bond donors (Lipinski definition) is 0. The topological polar surface area (TPSA) is 61.2 Å². The summed E-state index contributed by atoms with van der Waals surface area (Å²) in [6, 6.07) is 9.05. The Morgan fingerprint density at radius 3 is 2.38 bits per heavy atom. The molecule has 0 amide bonds. The first kappa shape index (κ1) is 16.0. The Balaban J connectivity index is 2.27. The van der Waals surface area contributed by atoms with Crippen molar-refractivity contribution in [3.05, 3.63) is 29.8 Å². The lowest BCUT2D eigenvalue weighted by Gasteiger charge is -2.25. The van der Waals surface area contributed by atoms with Crippen molar-refractivity contribution >= 4 is 10.0 Å². The molecule has 21 heavy (non-hydrogen) atoms. The molecule has 5 heteroatoms. The minimum Gasteiger partial charge on any atom is -0.207 e. The molecule has 0 heterocycles. The van der Waals surface area contributed by atoms with E-state index in [1.54, 1.807) is 12.1 Å². The Morgan fingerprint density at radius 1 is 1.24 bits per heavy atom. The summed E-state index contributed by atoms with van der Waals surface area (Å²) in [6.45, 7) is 2.03. The molecule has 1 aliphatic rings. The zero-order chi connectivity index (χ0) is 15.3. The fraction of sp³-hybridized carbons (Fsp3) is 0.562. The Bertz CT molecular complexity index is 596. The maximum Gasteiger partial charge on any atom is 0.244 e. The maximum atomic E-state index is 12.8. The van der Waals surface area contributed by atoms with Crippen LogP contribution in [-0.4, -0.2) is 25.3 Å². The first-order valence-corrected chi connectivity index (χ1v) is 9.01. The molecule has 1 aromatic carbocycles. The first-order chi connectivity index (χ1) is 10.1. The van der Waals surface area contributed by atoms with Gasteiger partial charge in [-0.15, -0.1) is 0 Å². The van der Waals surface area contributed by atoms with Gasteiger partial charge >= 0.3 is 0 Å². The van der Waals surface area contributed by atoms with Crippen molar-refractivity contribution in [1.82, 2.24) is 4.31 Å². The molecule has 0 unspecified atom stereocenters. The molecule has 0 aromatic heterocycles. The summed E-state index contributed by atoms with van der Waals surface area (Å²) in [4.78, 5) is 0.296. The molecule has 114 valence electrons. The van der Waals surface area contributed by atoms with Gasteiger partial charge in [-0.1, -0.05) is 38.3 Å². The zero-order valence-electron chi connectivity index (χ0n) is 12.5. The van der Waals surface area contributed by atoms with E-state index in [4.69, 9.17) is 5.26 Å². The molecule has 0 radical (unpaired) electrons. The van der Waals surface area contributed by atoms with Gasteiger partial charge < -0.3 is 0 Å². The van der Waals surface area contributed by atoms with E-state index in [0.29, 0.717) is 4.90 Å². The molecular formula is C16H22N2O2S. The van der Waals surface area contributed by atoms with Crippen LogP contribution in [0.15, 0.2) is 29.2 Å². The molecule has 1 saturated carbocycles. The molecule has 4 nitrogen and oxygen atoms in total. The highest BCUT2D eigenvalue weighted by molar-refractivity contribution is 7.89. The average Bonchev–Trinajstić information content (AvgIpc) is 2.99. The van der Waals surface area contributed by atoms with Gasteiger partial charge in [0.25, 0.3) is 0 Å². The number of rotatable bonds is 6. The van der Waals surface area contributed by atoms with Crippen LogP contribution in [0, 0.1) is 11.3 Å². The van der Waals surface area contributed by atoms with E-state index in [9.17, 15) is 8.42 Å². The predicted octanol–water partition coefficient (Wildman–Crippen LogP) is 3.10. The second-order valence-corrected chi connectivity index (χ2v) is 7.43. The number of nitrogens with zero attached hydrogens (tertiary/aromatic N) is 2. The van der Waals surface area contributed by atoms with Gasteiger partial charge in [0.05, 0.1) is 11.0 Å². The van der Waals surface area contributed by atoms with Gasteiger partial charge in [0.15, 0.2) is 0 Å². The van der Waals surface area contributed by atoms with Crippen LogP contribution in [0.1, 0.15) is 44.6 Å². The minimum absolute atomic E-state index is 0.0232. The molecule has 2 rings (SSSR count). The fourth-order valence-corrected chi connectivity index (χ4v) is 4.51. The highest BCUT2D eigenvalue weighted by Crippen LogP contribution is 2.28. The van der Waals surface area contributed by atoms with Crippen LogP contribution in [0.3, 0.4) is 0 Å². The molecular weight excluding hydrogens is 284 g/mol. The number of nitriles is 1. The molecule has 1 fully saturated rings. The maximum absolute atomic E-state index is 12.8. The summed E-state index contributed by atoms with van der Waals surface area (Å²) in [5.41, 5.74) is 1.14. The quantitative estimate of drug-likeness (QED) is 0.759. The van der Waals surface area contributed by atoms with Crippen molar-refractivity contribution in [2.75, 3.05) is 6.54 Å². The lowest BCUT2D eigenvalue weighted by atomic mass is 10.1. The zero-order valence-corrected chi connectivity index (χ0v) is 13.3. The fourth-order valence-electron chi connectivity index (χ4n) is 2.92. The van der Waals surface area contributed by atoms with Crippen molar-refractivity contribution in [2.45, 2.75) is 56.4 Å². The SMILES string of the molecule is CCCc1ccc(S(=O)(=O)N(CC#N)C2CCCC2)cc1. The molecule has 0 bridgehead atoms. The van der Waals surface area contributed by atoms with Crippen molar-refractivity contribution in [2.24, 2.45) is 0 Å². The van der Waals surface area contributed by atoms with Crippen LogP contribution in [0.4, 0.5) is 0 Å². The summed E-state index contributed by atoms with van der Waals surface area (Å²) < 4.78 is 26.9. The third-order valence-electron chi connectivity index (χ3n) is 4.03. The number of sulfonamides is 1. The van der Waals surface area contributed by atoms with Gasteiger partial charge in [-0.05, 0) is 37.0 Å². The third-order valence-corrected chi connectivity index (χ3v) is 5.94. The van der Waals surface area contributed by atoms with Gasteiger partial charge in [-0.2, -0.15) is 9.57 Å². The van der Waals surface area contributed by atoms with Crippen molar-refractivity contribution < 1.29 is 8.42 Å². The van der Waals surface area contributed by atoms with Gasteiger partial charge in [-0.3, -0.25) is 0 Å². The molecule has 1 aliphatic carbocycles. The molecule has 0 aliphatic heterocycles. The summed E-state index contributed by atoms with van der Waals surface area (Å²) in [7, 11) is -3.57. The van der Waals surface area contributed by atoms with E-state index >= 15 is 0 Å². The van der Waals surface area contributed by atoms with Crippen LogP contribution in [0.2, 0.25) is 0 Å². The van der Waals surface area contributed by atoms with Crippen LogP contribution in [0.25, 0.3) is 0 Å². The van der Waals surface area contributed by atoms with E-state index in [-0.39, 0.29) is 12.6 Å². The van der Waals surface area contributed by atoms with E-state index in [1.807, 2.05) is 18.2 Å². The highest BCUT2D eigenvalue weighted by Gasteiger charge is 2.32. The Hall–Kier alpha value is -1.38. The van der Waals surface area contributed by atoms with Crippen LogP contribution in [-0.2, 0) is 16.4 Å². The van der Waals surface area contributed by atoms with Gasteiger partial charge in [0.2, 0.25) is 10.0 Å². The van der Waals surface area contributed by atoms with E-state index in [1.165, 1.54) is 4.31 Å². The molecule has 0 spiro atoms. The van der Waals surface area contributed by atoms with E-state index < -0.39 is 10.0 Å². The van der Waals surface area contributed by atoms with Gasteiger partial charge in [0, 0.05) is 6.04 Å². The smallest absolute Gasteiger partial charge is 0.207 e. The largest absolute Gasteiger partial charge is 0.244 e. The number of hydrogen-bond acceptors (Lipinski definition) is 3. The molecule has 1 aromatic rings. The van der Waals surface area contributed by atoms with Crippen molar-refractivity contribution in [3.8, 4) is 6.07 Å². The van der Waals surface area contributed by atoms with E-state index in [2.05, 4.69) is 6.92 Å². The summed E-state index contributed by atoms with van der Waals surface area (Å²) >= 11 is 0. The average molecular weight is 306 g/mol. The Morgan fingerprint density at radius 2 is 1.86 bits per heavy atom. The second-order valence-electron chi connectivity index (χ2n) is 5.54. The molecule has 0 atom stereocenters. The lowest BCUT2D eigenvalue weighted by molar-refractivity contribution is 0.350. The lowest BCUT2D eigenvalue weighted by Crippen LogP contribution is -2.39. The Kier molecular flexibility index (Phi) is 5.38. The van der Waals surface area contributed by atoms with Crippen molar-refractivity contribution in [3.63, 3.8) is 0 Å². The number of aryl methyl sites for hydroxylation is 1. The minimum atomic E-state index is -3.57. The van der Waals surface area contributed by atoms with E-state index in [0.717, 1.165) is 44.1 Å². The first-order valence-electron chi connectivity index (χ1n) is 7.57. The van der Waals surface area contributed by atoms with Crippen molar-refractivity contribution in [1.29, 1.82) is 5.26 Å². The van der Waals surface area contributed by atoms with Gasteiger partial charge in [-0.25, -0.2) is 8.42 Å². The summed E-state index contributed by atoms with van der Waals surface area (Å²) in [6.07, 6.45) is 5.78. The van der Waals surface area contributed by atoms with Gasteiger partial charge in [0.1, 0.15) is 6.54 Å². The third kappa shape index (κ3) is 3.63. The monoisotopic (exact) mass is 306 g/mol. The predicted molar refractivity (Wildman–Crippen MR) is 82.2 cm³/mol. The highest BCUT2D eigenvalue weighted by atomic mass is 32.2. The summed E-state index contributed by atoms with van der Waals surface area (Å²) in [5, 5.41) is 8.97. The molecule has 0 saturated heterocycles. The second kappa shape index (κ2) is 7.06. The Labute approximate surface area is 127 Å². The molecule has 0 N–H and O–H groups in total. The van der Waals surface area contributed by atoms with Crippen LogP contribution < -0.4 is 0 Å².